The predicted octanol–water partition coefficient (Wildman–Crippen LogP) is 4.64. The summed E-state index contributed by atoms with van der Waals surface area (Å²) in [6.07, 6.45) is 4.63. The van der Waals surface area contributed by atoms with Gasteiger partial charge in [0.2, 0.25) is 5.95 Å². The van der Waals surface area contributed by atoms with Gasteiger partial charge in [-0.15, -0.1) is 0 Å². The van der Waals surface area contributed by atoms with E-state index in [1.54, 1.807) is 11.1 Å². The number of carbonyl (C=O) groups is 1. The lowest BCUT2D eigenvalue weighted by Gasteiger charge is -2.39. The Morgan fingerprint density at radius 2 is 1.78 bits per heavy atom. The summed E-state index contributed by atoms with van der Waals surface area (Å²) in [6.45, 7) is 16.0. The Hall–Kier alpha value is -3.73. The van der Waals surface area contributed by atoms with Gasteiger partial charge >= 0.3 is 6.03 Å². The van der Waals surface area contributed by atoms with Crippen molar-refractivity contribution in [1.82, 2.24) is 30.4 Å². The van der Waals surface area contributed by atoms with Gasteiger partial charge in [0.1, 0.15) is 0 Å². The second-order valence-electron chi connectivity index (χ2n) is 12.9. The average molecular weight is 613 g/mol. The van der Waals surface area contributed by atoms with Crippen molar-refractivity contribution in [3.05, 3.63) is 65.9 Å². The van der Waals surface area contributed by atoms with Crippen molar-refractivity contribution in [2.24, 2.45) is 5.92 Å². The van der Waals surface area contributed by atoms with Gasteiger partial charge in [-0.25, -0.2) is 14.8 Å². The van der Waals surface area contributed by atoms with Crippen LogP contribution in [0, 0.1) is 12.8 Å². The molecule has 0 aliphatic carbocycles. The van der Waals surface area contributed by atoms with Crippen LogP contribution >= 0.6 is 0 Å². The highest BCUT2D eigenvalue weighted by molar-refractivity contribution is 5.75. The topological polar surface area (TPSA) is 97.9 Å². The molecule has 1 aromatic heterocycles. The van der Waals surface area contributed by atoms with Crippen molar-refractivity contribution in [3.8, 4) is 11.3 Å². The van der Waals surface area contributed by atoms with Crippen molar-refractivity contribution < 1.29 is 9.53 Å². The van der Waals surface area contributed by atoms with Gasteiger partial charge in [-0.1, -0.05) is 12.1 Å². The summed E-state index contributed by atoms with van der Waals surface area (Å²) in [5.41, 5.74) is 6.30. The molecule has 0 spiro atoms. The highest BCUT2D eigenvalue weighted by atomic mass is 16.5. The number of anilines is 3. The number of hydrogen-bond acceptors (Lipinski definition) is 8. The number of carbonyl (C=O) groups excluding carboxylic acids is 1. The number of piperidine rings is 1. The van der Waals surface area contributed by atoms with Gasteiger partial charge in [-0.3, -0.25) is 0 Å². The Balaban J connectivity index is 0.986. The Morgan fingerprint density at radius 1 is 1.02 bits per heavy atom. The van der Waals surface area contributed by atoms with E-state index in [1.807, 2.05) is 19.9 Å². The van der Waals surface area contributed by atoms with Crippen LogP contribution in [0.5, 0.6) is 0 Å². The van der Waals surface area contributed by atoms with Crippen molar-refractivity contribution in [2.75, 3.05) is 69.1 Å². The molecule has 3 N–H and O–H groups in total. The summed E-state index contributed by atoms with van der Waals surface area (Å²) < 4.78 is 5.75. The molecule has 240 valence electrons. The predicted molar refractivity (Wildman–Crippen MR) is 180 cm³/mol. The van der Waals surface area contributed by atoms with Gasteiger partial charge in [0, 0.05) is 75.5 Å². The lowest BCUT2D eigenvalue weighted by molar-refractivity contribution is -0.0641. The second kappa shape index (κ2) is 14.6. The Kier molecular flexibility index (Phi) is 10.1. The fourth-order valence-corrected chi connectivity index (χ4v) is 6.51. The van der Waals surface area contributed by atoms with Gasteiger partial charge in [-0.05, 0) is 87.1 Å². The van der Waals surface area contributed by atoms with Crippen molar-refractivity contribution >= 4 is 23.4 Å². The largest absolute Gasteiger partial charge is 0.372 e. The number of hydrogen-bond donors (Lipinski definition) is 3. The summed E-state index contributed by atoms with van der Waals surface area (Å²) in [4.78, 5) is 28.7. The fourth-order valence-electron chi connectivity index (χ4n) is 6.51. The third-order valence-corrected chi connectivity index (χ3v) is 9.15. The Morgan fingerprint density at radius 3 is 2.49 bits per heavy atom. The molecular formula is C35H48N8O2. The van der Waals surface area contributed by atoms with E-state index in [9.17, 15) is 4.79 Å². The van der Waals surface area contributed by atoms with Crippen molar-refractivity contribution in [3.63, 3.8) is 0 Å². The first-order valence-electron chi connectivity index (χ1n) is 16.6. The Bertz CT molecular complexity index is 1410. The van der Waals surface area contributed by atoms with E-state index in [0.29, 0.717) is 25.6 Å². The summed E-state index contributed by atoms with van der Waals surface area (Å²) in [5, 5.41) is 9.87. The summed E-state index contributed by atoms with van der Waals surface area (Å²) in [7, 11) is 0. The van der Waals surface area contributed by atoms with Crippen LogP contribution in [0.15, 0.2) is 54.7 Å². The number of piperazine rings is 1. The van der Waals surface area contributed by atoms with E-state index in [2.05, 4.69) is 80.1 Å². The first-order valence-corrected chi connectivity index (χ1v) is 16.6. The number of aromatic nitrogens is 2. The fraction of sp³-hybridized carbons (Fsp3) is 0.514. The van der Waals surface area contributed by atoms with Gasteiger partial charge < -0.3 is 35.4 Å². The molecule has 2 aromatic carbocycles. The average Bonchev–Trinajstić information content (AvgIpc) is 3.03. The number of likely N-dealkylation sites (tertiary alicyclic amines) is 1. The second-order valence-corrected chi connectivity index (χ2v) is 12.9. The third-order valence-electron chi connectivity index (χ3n) is 9.15. The van der Waals surface area contributed by atoms with Gasteiger partial charge in [0.15, 0.2) is 0 Å². The molecule has 10 heteroatoms. The minimum atomic E-state index is -0.0486. The van der Waals surface area contributed by atoms with Crippen LogP contribution in [0.1, 0.15) is 37.8 Å². The normalized spacial score (nSPS) is 18.2. The minimum absolute atomic E-state index is 0.0486. The van der Waals surface area contributed by atoms with Crippen LogP contribution in [-0.4, -0.2) is 96.9 Å². The molecule has 10 nitrogen and oxygen atoms in total. The van der Waals surface area contributed by atoms with Crippen LogP contribution in [0.2, 0.25) is 0 Å². The van der Waals surface area contributed by atoms with E-state index in [-0.39, 0.29) is 18.2 Å². The van der Waals surface area contributed by atoms with Gasteiger partial charge in [0.25, 0.3) is 0 Å². The molecule has 0 unspecified atom stereocenters. The number of aryl methyl sites for hydroxylation is 1. The number of nitrogens with one attached hydrogen (secondary N) is 3. The summed E-state index contributed by atoms with van der Waals surface area (Å²) in [6, 6.07) is 16.7. The monoisotopic (exact) mass is 612 g/mol. The number of benzene rings is 2. The van der Waals surface area contributed by atoms with Crippen LogP contribution in [0.4, 0.5) is 22.1 Å². The van der Waals surface area contributed by atoms with E-state index in [1.165, 1.54) is 38.2 Å². The first-order chi connectivity index (χ1) is 21.9. The van der Waals surface area contributed by atoms with E-state index >= 15 is 0 Å². The van der Waals surface area contributed by atoms with E-state index in [0.717, 1.165) is 60.2 Å². The molecular weight excluding hydrogens is 564 g/mol. The maximum Gasteiger partial charge on any atom is 0.317 e. The molecule has 3 aliphatic heterocycles. The van der Waals surface area contributed by atoms with Crippen LogP contribution in [-0.2, 0) is 11.3 Å². The molecule has 3 saturated heterocycles. The maximum absolute atomic E-state index is 12.5. The standard InChI is InChI=1S/C35H48N8O2/c1-25(2)45-32-23-43(24-32)35(44)38-21-29-5-4-28(20-26(29)3)33-10-13-37-34(40-33)39-30-6-8-31(9-7-30)42-16-11-27(12-17-42)22-41-18-14-36-15-19-41/h4-10,13,20,25,27,32,36H,11-12,14-19,21-24H2,1-3H3,(H,38,44)(H,37,39,40). The highest BCUT2D eigenvalue weighted by Crippen LogP contribution is 2.27. The molecule has 3 aliphatic rings. The molecule has 0 bridgehead atoms. The number of ether oxygens (including phenoxy) is 1. The summed E-state index contributed by atoms with van der Waals surface area (Å²) in [5.74, 6) is 1.37. The lowest BCUT2D eigenvalue weighted by atomic mass is 9.95. The number of rotatable bonds is 10. The first kappa shape index (κ1) is 31.3. The molecule has 45 heavy (non-hydrogen) atoms. The van der Waals surface area contributed by atoms with Crippen LogP contribution < -0.4 is 20.9 Å². The van der Waals surface area contributed by atoms with Gasteiger partial charge in [0.05, 0.1) is 31.0 Å². The molecule has 0 atom stereocenters. The zero-order valence-electron chi connectivity index (χ0n) is 27.0. The number of urea groups is 1. The smallest absolute Gasteiger partial charge is 0.317 e. The van der Waals surface area contributed by atoms with Crippen molar-refractivity contribution in [1.29, 1.82) is 0 Å². The zero-order chi connectivity index (χ0) is 31.2. The van der Waals surface area contributed by atoms with E-state index < -0.39 is 0 Å². The minimum Gasteiger partial charge on any atom is -0.372 e. The molecule has 3 fully saturated rings. The van der Waals surface area contributed by atoms with Gasteiger partial charge in [-0.2, -0.15) is 0 Å². The Labute approximate surface area is 267 Å². The summed E-state index contributed by atoms with van der Waals surface area (Å²) >= 11 is 0. The molecule has 6 rings (SSSR count). The molecule has 2 amide bonds. The number of nitrogens with zero attached hydrogens (tertiary/aromatic N) is 5. The van der Waals surface area contributed by atoms with Crippen LogP contribution in [0.3, 0.4) is 0 Å². The van der Waals surface area contributed by atoms with E-state index in [4.69, 9.17) is 9.72 Å². The zero-order valence-corrected chi connectivity index (χ0v) is 27.0. The SMILES string of the molecule is Cc1cc(-c2ccnc(Nc3ccc(N4CCC(CN5CCNCC5)CC4)cc3)n2)ccc1CNC(=O)N1CC(OC(C)C)C1. The quantitative estimate of drug-likeness (QED) is 0.305. The molecule has 3 aromatic rings. The highest BCUT2D eigenvalue weighted by Gasteiger charge is 2.31. The lowest BCUT2D eigenvalue weighted by Crippen LogP contribution is -2.58. The molecule has 4 heterocycles. The molecule has 0 radical (unpaired) electrons. The van der Waals surface area contributed by atoms with Crippen molar-refractivity contribution in [2.45, 2.75) is 52.4 Å². The van der Waals surface area contributed by atoms with Crippen LogP contribution in [0.25, 0.3) is 11.3 Å². The molecule has 0 saturated carbocycles. The maximum atomic E-state index is 12.5. The number of amides is 2. The third kappa shape index (κ3) is 8.31.